The van der Waals surface area contributed by atoms with Gasteiger partial charge in [-0.3, -0.25) is 5.84 Å². The Morgan fingerprint density at radius 2 is 2.07 bits per heavy atom. The first-order valence-electron chi connectivity index (χ1n) is 6.20. The molecule has 1 unspecified atom stereocenters. The predicted molar refractivity (Wildman–Crippen MR) is 66.1 cm³/mol. The van der Waals surface area contributed by atoms with Crippen LogP contribution >= 0.6 is 0 Å². The van der Waals surface area contributed by atoms with Crippen molar-refractivity contribution >= 4 is 0 Å². The van der Waals surface area contributed by atoms with Gasteiger partial charge in [-0.05, 0) is 37.2 Å². The molecule has 0 bridgehead atoms. The largest absolute Gasteiger partial charge is 0.328 e. The fourth-order valence-electron chi connectivity index (χ4n) is 2.66. The van der Waals surface area contributed by atoms with Crippen molar-refractivity contribution in [1.29, 1.82) is 0 Å². The minimum atomic E-state index is 0.148. The molecule has 0 aromatic carbocycles. The smallest absolute Gasteiger partial charge is 0.0307 e. The molecule has 0 radical (unpaired) electrons. The van der Waals surface area contributed by atoms with E-state index in [0.29, 0.717) is 0 Å². The predicted octanol–water partition coefficient (Wildman–Crippen LogP) is 3.35. The third-order valence-corrected chi connectivity index (χ3v) is 3.45. The van der Waals surface area contributed by atoms with Crippen LogP contribution in [0.2, 0.25) is 0 Å². The summed E-state index contributed by atoms with van der Waals surface area (Å²) < 4.78 is 0. The second-order valence-corrected chi connectivity index (χ2v) is 5.65. The topological polar surface area (TPSA) is 38.0 Å². The van der Waals surface area contributed by atoms with Crippen molar-refractivity contribution in [1.82, 2.24) is 5.43 Å². The van der Waals surface area contributed by atoms with E-state index in [9.17, 15) is 0 Å². The van der Waals surface area contributed by atoms with Crippen LogP contribution in [0, 0.1) is 11.3 Å². The molecule has 1 atom stereocenters. The Bertz CT molecular complexity index is 235. The van der Waals surface area contributed by atoms with Crippen LogP contribution in [0.25, 0.3) is 0 Å². The van der Waals surface area contributed by atoms with Gasteiger partial charge in [-0.1, -0.05) is 34.1 Å². The minimum absolute atomic E-state index is 0.148. The summed E-state index contributed by atoms with van der Waals surface area (Å²) in [6, 6.07) is 0. The number of allylic oxidation sites excluding steroid dienone is 2. The van der Waals surface area contributed by atoms with Gasteiger partial charge in [-0.25, -0.2) is 0 Å². The van der Waals surface area contributed by atoms with E-state index >= 15 is 0 Å². The van der Waals surface area contributed by atoms with Crippen LogP contribution in [0.5, 0.6) is 0 Å². The van der Waals surface area contributed by atoms with Gasteiger partial charge in [-0.15, -0.1) is 0 Å². The molecule has 0 amide bonds. The maximum absolute atomic E-state index is 5.70. The fraction of sp³-hybridized carbons (Fsp3) is 0.846. The zero-order chi connectivity index (χ0) is 11.5. The number of hydrazine groups is 1. The Hall–Kier alpha value is -0.500. The second-order valence-electron chi connectivity index (χ2n) is 5.65. The van der Waals surface area contributed by atoms with Gasteiger partial charge in [-0.2, -0.15) is 0 Å². The first-order chi connectivity index (χ1) is 7.00. The summed E-state index contributed by atoms with van der Waals surface area (Å²) in [5.74, 6) is 6.45. The summed E-state index contributed by atoms with van der Waals surface area (Å²) in [6.45, 7) is 8.98. The van der Waals surface area contributed by atoms with Crippen molar-refractivity contribution in [2.75, 3.05) is 0 Å². The molecule has 0 saturated heterocycles. The normalized spacial score (nSPS) is 26.3. The highest BCUT2D eigenvalue weighted by molar-refractivity contribution is 5.21. The summed E-state index contributed by atoms with van der Waals surface area (Å²) in [5.41, 5.74) is 5.96. The van der Waals surface area contributed by atoms with Gasteiger partial charge in [0.05, 0.1) is 0 Å². The highest BCUT2D eigenvalue weighted by Crippen LogP contribution is 2.37. The zero-order valence-corrected chi connectivity index (χ0v) is 10.7. The van der Waals surface area contributed by atoms with E-state index in [1.54, 1.807) is 5.57 Å². The molecule has 1 aliphatic rings. The van der Waals surface area contributed by atoms with E-state index in [0.717, 1.165) is 5.92 Å². The molecule has 0 spiro atoms. The molecule has 1 saturated carbocycles. The van der Waals surface area contributed by atoms with E-state index in [2.05, 4.69) is 33.1 Å². The summed E-state index contributed by atoms with van der Waals surface area (Å²) in [6.07, 6.45) is 6.52. The summed E-state index contributed by atoms with van der Waals surface area (Å²) in [4.78, 5) is 0. The van der Waals surface area contributed by atoms with Crippen molar-refractivity contribution in [3.63, 3.8) is 0 Å². The SMILES string of the molecule is CCC1CCCC/C1=C(/NN)C(C)(C)C. The maximum Gasteiger partial charge on any atom is 0.0307 e. The Labute approximate surface area is 94.3 Å². The van der Waals surface area contributed by atoms with Gasteiger partial charge in [0.1, 0.15) is 0 Å². The van der Waals surface area contributed by atoms with Gasteiger partial charge in [0.25, 0.3) is 0 Å². The Morgan fingerprint density at radius 3 is 2.53 bits per heavy atom. The summed E-state index contributed by atoms with van der Waals surface area (Å²) >= 11 is 0. The monoisotopic (exact) mass is 210 g/mol. The molecule has 0 aromatic rings. The molecular formula is C13H26N2. The Kier molecular flexibility index (Phi) is 4.21. The Morgan fingerprint density at radius 1 is 1.40 bits per heavy atom. The molecule has 2 heteroatoms. The first kappa shape index (κ1) is 12.6. The van der Waals surface area contributed by atoms with Crippen LogP contribution in [0.15, 0.2) is 11.3 Å². The van der Waals surface area contributed by atoms with Crippen molar-refractivity contribution in [2.45, 2.75) is 59.8 Å². The van der Waals surface area contributed by atoms with Crippen LogP contribution in [0.4, 0.5) is 0 Å². The fourth-order valence-corrected chi connectivity index (χ4v) is 2.66. The number of hydrogen-bond acceptors (Lipinski definition) is 2. The third-order valence-electron chi connectivity index (χ3n) is 3.45. The number of nitrogens with one attached hydrogen (secondary N) is 1. The average molecular weight is 210 g/mol. The lowest BCUT2D eigenvalue weighted by molar-refractivity contribution is 0.392. The van der Waals surface area contributed by atoms with Gasteiger partial charge < -0.3 is 5.43 Å². The van der Waals surface area contributed by atoms with Gasteiger partial charge >= 0.3 is 0 Å². The zero-order valence-electron chi connectivity index (χ0n) is 10.7. The van der Waals surface area contributed by atoms with Crippen molar-refractivity contribution in [2.24, 2.45) is 17.2 Å². The lowest BCUT2D eigenvalue weighted by Gasteiger charge is -2.33. The summed E-state index contributed by atoms with van der Waals surface area (Å²) in [7, 11) is 0. The molecule has 1 fully saturated rings. The lowest BCUT2D eigenvalue weighted by atomic mass is 9.77. The molecular weight excluding hydrogens is 184 g/mol. The number of nitrogens with two attached hydrogens (primary N) is 1. The van der Waals surface area contributed by atoms with Crippen molar-refractivity contribution in [3.05, 3.63) is 11.3 Å². The minimum Gasteiger partial charge on any atom is -0.328 e. The lowest BCUT2D eigenvalue weighted by Crippen LogP contribution is -2.33. The number of rotatable bonds is 2. The molecule has 1 aliphatic carbocycles. The quantitative estimate of drug-likeness (QED) is 0.542. The van der Waals surface area contributed by atoms with Gasteiger partial charge in [0, 0.05) is 11.1 Å². The van der Waals surface area contributed by atoms with E-state index in [1.165, 1.54) is 37.8 Å². The molecule has 0 heterocycles. The third kappa shape index (κ3) is 2.97. The van der Waals surface area contributed by atoms with E-state index < -0.39 is 0 Å². The van der Waals surface area contributed by atoms with Crippen molar-refractivity contribution < 1.29 is 0 Å². The van der Waals surface area contributed by atoms with E-state index in [4.69, 9.17) is 5.84 Å². The first-order valence-corrected chi connectivity index (χ1v) is 6.20. The molecule has 2 nitrogen and oxygen atoms in total. The highest BCUT2D eigenvalue weighted by atomic mass is 15.2. The van der Waals surface area contributed by atoms with Crippen LogP contribution in [0.1, 0.15) is 59.8 Å². The molecule has 88 valence electrons. The molecule has 0 aromatic heterocycles. The molecule has 0 aliphatic heterocycles. The Balaban J connectivity index is 3.00. The van der Waals surface area contributed by atoms with Crippen LogP contribution in [0.3, 0.4) is 0 Å². The maximum atomic E-state index is 5.70. The standard InChI is InChI=1S/C13H26N2/c1-5-10-8-6-7-9-11(10)12(15-14)13(2,3)4/h10,15H,5-9,14H2,1-4H3/b12-11-. The van der Waals surface area contributed by atoms with Crippen LogP contribution < -0.4 is 11.3 Å². The van der Waals surface area contributed by atoms with Gasteiger partial charge in [0.2, 0.25) is 0 Å². The molecule has 3 N–H and O–H groups in total. The second kappa shape index (κ2) is 5.02. The van der Waals surface area contributed by atoms with E-state index in [-0.39, 0.29) is 5.41 Å². The van der Waals surface area contributed by atoms with Crippen LogP contribution in [-0.2, 0) is 0 Å². The molecule has 15 heavy (non-hydrogen) atoms. The van der Waals surface area contributed by atoms with Crippen LogP contribution in [-0.4, -0.2) is 0 Å². The van der Waals surface area contributed by atoms with Gasteiger partial charge in [0.15, 0.2) is 0 Å². The van der Waals surface area contributed by atoms with E-state index in [1.807, 2.05) is 0 Å². The summed E-state index contributed by atoms with van der Waals surface area (Å²) in [5, 5.41) is 0. The molecule has 1 rings (SSSR count). The number of hydrogen-bond donors (Lipinski definition) is 2. The average Bonchev–Trinajstić information content (AvgIpc) is 2.17. The van der Waals surface area contributed by atoms with Crippen molar-refractivity contribution in [3.8, 4) is 0 Å². The highest BCUT2D eigenvalue weighted by Gasteiger charge is 2.26.